The maximum absolute atomic E-state index is 14.4. The van der Waals surface area contributed by atoms with Crippen molar-refractivity contribution in [3.8, 4) is 0 Å². The Bertz CT molecular complexity index is 970. The molecule has 0 heterocycles. The average Bonchev–Trinajstić information content (AvgIpc) is 2.61. The average molecular weight is 409 g/mol. The lowest BCUT2D eigenvalue weighted by Gasteiger charge is -2.24. The summed E-state index contributed by atoms with van der Waals surface area (Å²) in [6, 6.07) is 11.4. The molecule has 28 heavy (non-hydrogen) atoms. The van der Waals surface area contributed by atoms with E-state index in [0.29, 0.717) is 11.1 Å². The Morgan fingerprint density at radius 3 is 2.46 bits per heavy atom. The number of aryl methyl sites for hydroxylation is 1. The third-order valence-electron chi connectivity index (χ3n) is 3.90. The van der Waals surface area contributed by atoms with E-state index in [1.54, 1.807) is 13.0 Å². The number of benzene rings is 2. The van der Waals surface area contributed by atoms with E-state index in [4.69, 9.17) is 0 Å². The molecular weight excluding hydrogens is 388 g/mol. The van der Waals surface area contributed by atoms with Crippen LogP contribution in [0.4, 0.5) is 14.6 Å². The third kappa shape index (κ3) is 5.97. The van der Waals surface area contributed by atoms with Crippen molar-refractivity contribution in [3.63, 3.8) is 0 Å². The van der Waals surface area contributed by atoms with Crippen molar-refractivity contribution in [2.45, 2.75) is 19.4 Å². The Labute approximate surface area is 162 Å². The van der Waals surface area contributed by atoms with Crippen molar-refractivity contribution in [1.29, 1.82) is 0 Å². The van der Waals surface area contributed by atoms with Gasteiger partial charge in [0.15, 0.2) is 15.4 Å². The van der Waals surface area contributed by atoms with Gasteiger partial charge in [0.1, 0.15) is 5.82 Å². The van der Waals surface area contributed by atoms with Crippen LogP contribution in [0.15, 0.2) is 54.6 Å². The zero-order valence-electron chi connectivity index (χ0n) is 15.5. The van der Waals surface area contributed by atoms with Gasteiger partial charge < -0.3 is 5.11 Å². The first kappa shape index (κ1) is 21.7. The van der Waals surface area contributed by atoms with Gasteiger partial charge in [-0.3, -0.25) is 4.79 Å². The Hall–Kier alpha value is -2.58. The molecule has 150 valence electrons. The molecule has 2 aromatic carbocycles. The normalized spacial score (nSPS) is 14.0. The van der Waals surface area contributed by atoms with E-state index < -0.39 is 38.7 Å². The minimum absolute atomic E-state index is 0.0983. The standard InChI is InChI=1S/C20H21F2NO4S/c1-15-5-3-7-18(13-15)23(22)19(24)20(2,25)14-28(26,27)12-4-6-16-8-10-17(21)11-9-16/h3-11,13,25H,12,14H2,1-2H3. The quantitative estimate of drug-likeness (QED) is 0.713. The van der Waals surface area contributed by atoms with E-state index >= 15 is 0 Å². The SMILES string of the molecule is Cc1cccc(N(F)C(=O)C(C)(O)CS(=O)(=O)CC=Cc2ccc(F)cc2)c1. The van der Waals surface area contributed by atoms with Gasteiger partial charge in [0.25, 0.3) is 5.91 Å². The molecule has 2 aromatic rings. The van der Waals surface area contributed by atoms with Crippen LogP contribution >= 0.6 is 0 Å². The molecule has 1 atom stereocenters. The van der Waals surface area contributed by atoms with E-state index in [1.165, 1.54) is 54.6 Å². The lowest BCUT2D eigenvalue weighted by molar-refractivity contribution is -0.136. The topological polar surface area (TPSA) is 74.7 Å². The first-order valence-corrected chi connectivity index (χ1v) is 10.2. The lowest BCUT2D eigenvalue weighted by Crippen LogP contribution is -2.49. The van der Waals surface area contributed by atoms with E-state index in [9.17, 15) is 27.2 Å². The van der Waals surface area contributed by atoms with Gasteiger partial charge in [-0.1, -0.05) is 40.9 Å². The van der Waals surface area contributed by atoms with Gasteiger partial charge in [-0.15, -0.1) is 5.12 Å². The molecule has 8 heteroatoms. The summed E-state index contributed by atoms with van der Waals surface area (Å²) >= 11 is 0. The number of aliphatic hydroxyl groups is 1. The fourth-order valence-corrected chi connectivity index (χ4v) is 4.02. The lowest BCUT2D eigenvalue weighted by atomic mass is 10.1. The predicted molar refractivity (Wildman–Crippen MR) is 104 cm³/mol. The zero-order valence-corrected chi connectivity index (χ0v) is 16.3. The number of hydrogen-bond acceptors (Lipinski definition) is 4. The van der Waals surface area contributed by atoms with Gasteiger partial charge in [-0.05, 0) is 49.2 Å². The van der Waals surface area contributed by atoms with Gasteiger partial charge in [0.05, 0.1) is 17.2 Å². The van der Waals surface area contributed by atoms with Crippen LogP contribution in [0.25, 0.3) is 6.08 Å². The molecule has 0 saturated heterocycles. The second-order valence-electron chi connectivity index (χ2n) is 6.71. The number of rotatable bonds is 7. The smallest absolute Gasteiger partial charge is 0.287 e. The number of nitrogens with zero attached hydrogens (tertiary/aromatic N) is 1. The van der Waals surface area contributed by atoms with Gasteiger partial charge in [0, 0.05) is 0 Å². The summed E-state index contributed by atoms with van der Waals surface area (Å²) in [6.45, 7) is 2.66. The summed E-state index contributed by atoms with van der Waals surface area (Å²) in [5.74, 6) is -3.20. The Morgan fingerprint density at radius 1 is 1.21 bits per heavy atom. The van der Waals surface area contributed by atoms with Crippen molar-refractivity contribution in [3.05, 3.63) is 71.6 Å². The number of carbonyl (C=O) groups excluding carboxylic acids is 1. The van der Waals surface area contributed by atoms with Crippen molar-refractivity contribution in [2.75, 3.05) is 16.6 Å². The monoisotopic (exact) mass is 409 g/mol. The number of hydrogen-bond donors (Lipinski definition) is 1. The van der Waals surface area contributed by atoms with Crippen LogP contribution in [0.1, 0.15) is 18.1 Å². The second-order valence-corrected chi connectivity index (χ2v) is 8.82. The van der Waals surface area contributed by atoms with Crippen LogP contribution in [-0.4, -0.2) is 36.5 Å². The molecule has 2 rings (SSSR count). The van der Waals surface area contributed by atoms with Crippen molar-refractivity contribution >= 4 is 27.5 Å². The fraction of sp³-hybridized carbons (Fsp3) is 0.250. The van der Waals surface area contributed by atoms with Crippen LogP contribution in [0.3, 0.4) is 0 Å². The molecule has 0 aliphatic rings. The molecule has 0 aliphatic carbocycles. The molecule has 1 N–H and O–H groups in total. The number of anilines is 1. The van der Waals surface area contributed by atoms with Gasteiger partial charge in [-0.25, -0.2) is 12.8 Å². The molecule has 0 aromatic heterocycles. The summed E-state index contributed by atoms with van der Waals surface area (Å²) in [5, 5.41) is 10.0. The van der Waals surface area contributed by atoms with Crippen molar-refractivity contribution in [1.82, 2.24) is 0 Å². The number of halogens is 2. The second kappa shape index (κ2) is 8.62. The van der Waals surface area contributed by atoms with Gasteiger partial charge >= 0.3 is 0 Å². The predicted octanol–water partition coefficient (Wildman–Crippen LogP) is 3.23. The Balaban J connectivity index is 2.06. The molecule has 0 saturated carbocycles. The van der Waals surface area contributed by atoms with Crippen LogP contribution in [0.5, 0.6) is 0 Å². The molecule has 0 radical (unpaired) electrons. The first-order valence-electron chi connectivity index (χ1n) is 8.42. The molecule has 1 unspecified atom stereocenters. The fourth-order valence-electron chi connectivity index (χ4n) is 2.53. The molecule has 5 nitrogen and oxygen atoms in total. The summed E-state index contributed by atoms with van der Waals surface area (Å²) in [6.07, 6.45) is 2.79. The van der Waals surface area contributed by atoms with Crippen LogP contribution in [0.2, 0.25) is 0 Å². The molecule has 0 fully saturated rings. The van der Waals surface area contributed by atoms with E-state index in [0.717, 1.165) is 6.92 Å². The van der Waals surface area contributed by atoms with E-state index in [1.807, 2.05) is 0 Å². The number of amides is 1. The van der Waals surface area contributed by atoms with E-state index in [-0.39, 0.29) is 10.8 Å². The highest BCUT2D eigenvalue weighted by molar-refractivity contribution is 7.91. The van der Waals surface area contributed by atoms with E-state index in [2.05, 4.69) is 0 Å². The maximum atomic E-state index is 14.4. The van der Waals surface area contributed by atoms with Gasteiger partial charge in [0.2, 0.25) is 0 Å². The largest absolute Gasteiger partial charge is 0.379 e. The minimum Gasteiger partial charge on any atom is -0.379 e. The molecule has 0 bridgehead atoms. The zero-order chi connectivity index (χ0) is 20.9. The summed E-state index contributed by atoms with van der Waals surface area (Å²) in [5.41, 5.74) is -1.25. The molecule has 0 aliphatic heterocycles. The van der Waals surface area contributed by atoms with Crippen molar-refractivity contribution in [2.24, 2.45) is 0 Å². The van der Waals surface area contributed by atoms with Gasteiger partial charge in [-0.2, -0.15) is 0 Å². The molecule has 0 spiro atoms. The van der Waals surface area contributed by atoms with Crippen molar-refractivity contribution < 1.29 is 27.2 Å². The highest BCUT2D eigenvalue weighted by atomic mass is 32.2. The Morgan fingerprint density at radius 2 is 1.86 bits per heavy atom. The van der Waals surface area contributed by atoms with Crippen LogP contribution in [-0.2, 0) is 14.6 Å². The molecular formula is C20H21F2NO4S. The number of carbonyl (C=O) groups is 1. The highest BCUT2D eigenvalue weighted by Gasteiger charge is 2.39. The first-order chi connectivity index (χ1) is 13.0. The highest BCUT2D eigenvalue weighted by Crippen LogP contribution is 2.22. The molecule has 1 amide bonds. The number of sulfone groups is 1. The summed E-state index contributed by atoms with van der Waals surface area (Å²) in [4.78, 5) is 12.3. The third-order valence-corrected chi connectivity index (χ3v) is 5.60. The Kier molecular flexibility index (Phi) is 6.69. The minimum atomic E-state index is -3.91. The summed E-state index contributed by atoms with van der Waals surface area (Å²) in [7, 11) is -3.91. The maximum Gasteiger partial charge on any atom is 0.287 e. The van der Waals surface area contributed by atoms with Crippen LogP contribution < -0.4 is 5.12 Å². The summed E-state index contributed by atoms with van der Waals surface area (Å²) < 4.78 is 51.7. The van der Waals surface area contributed by atoms with Crippen LogP contribution in [0, 0.1) is 12.7 Å².